The number of hydrogen-bond donors (Lipinski definition) is 1. The van der Waals surface area contributed by atoms with Gasteiger partial charge in [-0.2, -0.15) is 5.26 Å². The summed E-state index contributed by atoms with van der Waals surface area (Å²) in [5, 5.41) is 11.4. The van der Waals surface area contributed by atoms with Gasteiger partial charge in [0, 0.05) is 0 Å². The summed E-state index contributed by atoms with van der Waals surface area (Å²) in [4.78, 5) is 12.0. The van der Waals surface area contributed by atoms with Gasteiger partial charge in [0.15, 0.2) is 6.10 Å². The maximum Gasteiger partial charge on any atom is 0.265 e. The summed E-state index contributed by atoms with van der Waals surface area (Å²) >= 11 is 5.97. The smallest absolute Gasteiger partial charge is 0.265 e. The first kappa shape index (κ1) is 15.8. The molecule has 0 fully saturated rings. The quantitative estimate of drug-likeness (QED) is 0.933. The lowest BCUT2D eigenvalue weighted by molar-refractivity contribution is -0.122. The summed E-state index contributed by atoms with van der Waals surface area (Å²) in [7, 11) is 0. The topological polar surface area (TPSA) is 62.1 Å². The van der Waals surface area contributed by atoms with Crippen molar-refractivity contribution < 1.29 is 13.9 Å². The fourth-order valence-electron chi connectivity index (χ4n) is 1.71. The Balaban J connectivity index is 2.06. The third-order valence-corrected chi connectivity index (χ3v) is 3.16. The molecule has 0 aliphatic rings. The minimum Gasteiger partial charge on any atom is -0.479 e. The first-order valence-corrected chi connectivity index (χ1v) is 6.80. The molecule has 0 radical (unpaired) electrons. The van der Waals surface area contributed by atoms with Crippen LogP contribution in [-0.2, 0) is 4.79 Å². The Labute approximate surface area is 132 Å². The Hall–Kier alpha value is -2.58. The Morgan fingerprint density at radius 2 is 2.09 bits per heavy atom. The van der Waals surface area contributed by atoms with Crippen LogP contribution in [0.1, 0.15) is 12.5 Å². The van der Waals surface area contributed by atoms with E-state index in [1.165, 1.54) is 43.3 Å². The molecule has 0 unspecified atom stereocenters. The molecule has 1 amide bonds. The monoisotopic (exact) mass is 318 g/mol. The molecule has 2 aromatic rings. The fourth-order valence-corrected chi connectivity index (χ4v) is 1.93. The number of amides is 1. The Morgan fingerprint density at radius 1 is 1.36 bits per heavy atom. The van der Waals surface area contributed by atoms with E-state index in [0.29, 0.717) is 5.56 Å². The van der Waals surface area contributed by atoms with Crippen LogP contribution in [0, 0.1) is 17.1 Å². The van der Waals surface area contributed by atoms with Crippen molar-refractivity contribution in [1.82, 2.24) is 0 Å². The van der Waals surface area contributed by atoms with E-state index < -0.39 is 17.8 Å². The van der Waals surface area contributed by atoms with Gasteiger partial charge in [0.25, 0.3) is 5.91 Å². The van der Waals surface area contributed by atoms with Crippen molar-refractivity contribution in [3.63, 3.8) is 0 Å². The molecule has 0 spiro atoms. The van der Waals surface area contributed by atoms with Gasteiger partial charge in [0.1, 0.15) is 11.6 Å². The van der Waals surface area contributed by atoms with E-state index in [9.17, 15) is 9.18 Å². The molecule has 0 aliphatic heterocycles. The molecular formula is C16H12ClFN2O2. The van der Waals surface area contributed by atoms with Gasteiger partial charge in [-0.05, 0) is 37.3 Å². The van der Waals surface area contributed by atoms with Crippen LogP contribution >= 0.6 is 11.6 Å². The number of benzene rings is 2. The second-order valence-electron chi connectivity index (χ2n) is 4.49. The number of rotatable bonds is 4. The van der Waals surface area contributed by atoms with E-state index in [1.807, 2.05) is 6.07 Å². The minimum absolute atomic E-state index is 0.0777. The van der Waals surface area contributed by atoms with Crippen molar-refractivity contribution in [1.29, 1.82) is 5.26 Å². The average Bonchev–Trinajstić information content (AvgIpc) is 2.51. The van der Waals surface area contributed by atoms with Crippen molar-refractivity contribution in [3.8, 4) is 11.8 Å². The number of ether oxygens (including phenoxy) is 1. The number of carbonyl (C=O) groups excluding carboxylic acids is 1. The molecule has 0 heterocycles. The first-order valence-electron chi connectivity index (χ1n) is 6.43. The summed E-state index contributed by atoms with van der Waals surface area (Å²) in [5.74, 6) is -0.762. The summed E-state index contributed by atoms with van der Waals surface area (Å²) in [6, 6.07) is 12.3. The molecule has 1 N–H and O–H groups in total. The summed E-state index contributed by atoms with van der Waals surface area (Å²) in [5.41, 5.74) is 0.467. The van der Waals surface area contributed by atoms with Crippen LogP contribution < -0.4 is 10.1 Å². The molecule has 112 valence electrons. The van der Waals surface area contributed by atoms with Crippen LogP contribution in [0.4, 0.5) is 10.1 Å². The molecule has 2 aromatic carbocycles. The lowest BCUT2D eigenvalue weighted by Gasteiger charge is -2.16. The van der Waals surface area contributed by atoms with Crippen molar-refractivity contribution in [2.24, 2.45) is 0 Å². The zero-order chi connectivity index (χ0) is 16.1. The Bertz CT molecular complexity index is 743. The van der Waals surface area contributed by atoms with Crippen LogP contribution in [0.3, 0.4) is 0 Å². The van der Waals surface area contributed by atoms with Gasteiger partial charge in [-0.1, -0.05) is 23.7 Å². The number of hydrogen-bond acceptors (Lipinski definition) is 3. The summed E-state index contributed by atoms with van der Waals surface area (Å²) in [6.07, 6.45) is -0.884. The summed E-state index contributed by atoms with van der Waals surface area (Å²) < 4.78 is 18.9. The molecule has 0 aliphatic carbocycles. The number of nitriles is 1. The minimum atomic E-state index is -0.884. The molecule has 0 saturated heterocycles. The van der Waals surface area contributed by atoms with Gasteiger partial charge in [-0.25, -0.2) is 4.39 Å². The van der Waals surface area contributed by atoms with E-state index in [-0.39, 0.29) is 16.5 Å². The Morgan fingerprint density at radius 3 is 2.73 bits per heavy atom. The standard InChI is InChI=1S/C16H12ClFN2O2/c1-10(16(21)20-14-5-3-2-4-13(14)18)22-15-7-6-11(9-19)8-12(15)17/h2-8,10H,1H3,(H,20,21)/t10-/m0/s1. The third-order valence-electron chi connectivity index (χ3n) is 2.87. The van der Waals surface area contributed by atoms with Crippen molar-refractivity contribution in [3.05, 3.63) is 58.9 Å². The van der Waals surface area contributed by atoms with Gasteiger partial charge in [0.2, 0.25) is 0 Å². The third kappa shape index (κ3) is 3.74. The van der Waals surface area contributed by atoms with Gasteiger partial charge in [0.05, 0.1) is 22.3 Å². The van der Waals surface area contributed by atoms with E-state index in [0.717, 1.165) is 0 Å². The number of nitrogens with one attached hydrogen (secondary N) is 1. The van der Waals surface area contributed by atoms with Crippen LogP contribution in [0.25, 0.3) is 0 Å². The van der Waals surface area contributed by atoms with E-state index >= 15 is 0 Å². The fraction of sp³-hybridized carbons (Fsp3) is 0.125. The maximum atomic E-state index is 13.5. The normalized spacial score (nSPS) is 11.4. The maximum absolute atomic E-state index is 13.5. The summed E-state index contributed by atoms with van der Waals surface area (Å²) in [6.45, 7) is 1.52. The molecule has 0 bridgehead atoms. The molecule has 0 saturated carbocycles. The molecule has 6 heteroatoms. The van der Waals surface area contributed by atoms with E-state index in [4.69, 9.17) is 21.6 Å². The zero-order valence-electron chi connectivity index (χ0n) is 11.6. The number of halogens is 2. The Kier molecular flexibility index (Phi) is 4.97. The van der Waals surface area contributed by atoms with Crippen molar-refractivity contribution in [2.45, 2.75) is 13.0 Å². The predicted molar refractivity (Wildman–Crippen MR) is 81.3 cm³/mol. The van der Waals surface area contributed by atoms with Crippen molar-refractivity contribution in [2.75, 3.05) is 5.32 Å². The average molecular weight is 319 g/mol. The molecular weight excluding hydrogens is 307 g/mol. The predicted octanol–water partition coefficient (Wildman–Crippen LogP) is 3.76. The van der Waals surface area contributed by atoms with Gasteiger partial charge >= 0.3 is 0 Å². The second kappa shape index (κ2) is 6.92. The first-order chi connectivity index (χ1) is 10.5. The second-order valence-corrected chi connectivity index (χ2v) is 4.89. The number of para-hydroxylation sites is 1. The van der Waals surface area contributed by atoms with Crippen molar-refractivity contribution >= 4 is 23.2 Å². The largest absolute Gasteiger partial charge is 0.479 e. The highest BCUT2D eigenvalue weighted by Crippen LogP contribution is 2.26. The van der Waals surface area contributed by atoms with Crippen LogP contribution in [0.5, 0.6) is 5.75 Å². The highest BCUT2D eigenvalue weighted by atomic mass is 35.5. The van der Waals surface area contributed by atoms with Gasteiger partial charge < -0.3 is 10.1 Å². The highest BCUT2D eigenvalue weighted by molar-refractivity contribution is 6.32. The molecule has 1 atom stereocenters. The van der Waals surface area contributed by atoms with E-state index in [2.05, 4.69) is 5.32 Å². The number of carbonyl (C=O) groups is 1. The molecule has 2 rings (SSSR count). The van der Waals surface area contributed by atoms with Crippen LogP contribution in [0.15, 0.2) is 42.5 Å². The van der Waals surface area contributed by atoms with Gasteiger partial charge in [-0.15, -0.1) is 0 Å². The lowest BCUT2D eigenvalue weighted by Crippen LogP contribution is -2.30. The zero-order valence-corrected chi connectivity index (χ0v) is 12.4. The number of nitrogens with zero attached hydrogens (tertiary/aromatic N) is 1. The van der Waals surface area contributed by atoms with Crippen LogP contribution in [-0.4, -0.2) is 12.0 Å². The van der Waals surface area contributed by atoms with Crippen LogP contribution in [0.2, 0.25) is 5.02 Å². The number of anilines is 1. The molecule has 22 heavy (non-hydrogen) atoms. The molecule has 0 aromatic heterocycles. The van der Waals surface area contributed by atoms with Gasteiger partial charge in [-0.3, -0.25) is 4.79 Å². The SMILES string of the molecule is C[C@H](Oc1ccc(C#N)cc1Cl)C(=O)Nc1ccccc1F. The highest BCUT2D eigenvalue weighted by Gasteiger charge is 2.17. The molecule has 4 nitrogen and oxygen atoms in total. The lowest BCUT2D eigenvalue weighted by atomic mass is 10.2. The van der Waals surface area contributed by atoms with E-state index in [1.54, 1.807) is 6.07 Å².